The first-order valence-corrected chi connectivity index (χ1v) is 19.3. The van der Waals surface area contributed by atoms with Crippen LogP contribution in [-0.4, -0.2) is 14.5 Å². The first-order chi connectivity index (χ1) is 26.2. The Kier molecular flexibility index (Phi) is 6.06. The standard InChI is InChI=1S/C47H27N4S2/c1-2-11-29-24-33(21-20-28(29)10-1)46-48-45(49-47-36-15-6-8-18-41(36)53-51(46)47)32-22-23-35-43(27-32)52-42-19-9-17-39(44(35)42)50-38-16-7-5-14-34(38)37-25-30-12-3-4-13-31(30)26-40(37)50/h1-27H/q+1. The molecule has 8 aromatic carbocycles. The Labute approximate surface area is 311 Å². The SMILES string of the molecule is c1ccc2cc(-c3nc(-c4ccc5c(c4)sc4cccc(-n6c7ccccc7c7cc8ccccc8cc76)c45)nc4c5ccccc5s[n+]34)ccc2c1. The summed E-state index contributed by atoms with van der Waals surface area (Å²) in [5.41, 5.74) is 6.63. The predicted octanol–water partition coefficient (Wildman–Crippen LogP) is 12.5. The molecule has 0 spiro atoms. The number of rotatable bonds is 3. The lowest BCUT2D eigenvalue weighted by Crippen LogP contribution is -2.23. The Balaban J connectivity index is 1.08. The molecule has 0 bridgehead atoms. The number of thiophene rings is 1. The smallest absolute Gasteiger partial charge is 0.308 e. The van der Waals surface area contributed by atoms with Crippen LogP contribution in [0.15, 0.2) is 164 Å². The van der Waals surface area contributed by atoms with Gasteiger partial charge in [0.2, 0.25) is 0 Å². The zero-order valence-electron chi connectivity index (χ0n) is 28.2. The molecule has 4 heterocycles. The minimum atomic E-state index is 0.727. The van der Waals surface area contributed by atoms with E-state index in [2.05, 4.69) is 172 Å². The van der Waals surface area contributed by atoms with E-state index in [1.54, 1.807) is 11.5 Å². The Morgan fingerprint density at radius 2 is 1.17 bits per heavy atom. The van der Waals surface area contributed by atoms with Crippen LogP contribution in [-0.2, 0) is 0 Å². The molecule has 0 radical (unpaired) electrons. The fourth-order valence-electron chi connectivity index (χ4n) is 8.19. The highest BCUT2D eigenvalue weighted by molar-refractivity contribution is 7.26. The molecule has 4 aromatic heterocycles. The van der Waals surface area contributed by atoms with Crippen LogP contribution < -0.4 is 3.79 Å². The Bertz CT molecular complexity index is 3480. The third-order valence-corrected chi connectivity index (χ3v) is 12.8. The summed E-state index contributed by atoms with van der Waals surface area (Å²) in [6.07, 6.45) is 0. The van der Waals surface area contributed by atoms with Crippen molar-refractivity contribution in [2.45, 2.75) is 0 Å². The summed E-state index contributed by atoms with van der Waals surface area (Å²) < 4.78 is 8.32. The van der Waals surface area contributed by atoms with Crippen molar-refractivity contribution in [2.24, 2.45) is 0 Å². The molecule has 0 atom stereocenters. The molecule has 0 saturated heterocycles. The maximum absolute atomic E-state index is 5.32. The fourth-order valence-corrected chi connectivity index (χ4v) is 10.4. The summed E-state index contributed by atoms with van der Waals surface area (Å²) in [5, 5.41) is 11.1. The summed E-state index contributed by atoms with van der Waals surface area (Å²) in [4.78, 5) is 10.6. The van der Waals surface area contributed by atoms with E-state index in [9.17, 15) is 0 Å². The van der Waals surface area contributed by atoms with E-state index in [0.717, 1.165) is 33.8 Å². The van der Waals surface area contributed by atoms with Gasteiger partial charge in [-0.05, 0) is 88.3 Å². The van der Waals surface area contributed by atoms with Crippen LogP contribution in [0, 0.1) is 0 Å². The lowest BCUT2D eigenvalue weighted by molar-refractivity contribution is -0.424. The highest BCUT2D eigenvalue weighted by atomic mass is 32.1. The van der Waals surface area contributed by atoms with Crippen LogP contribution >= 0.6 is 22.9 Å². The number of aromatic nitrogens is 4. The second-order valence-electron chi connectivity index (χ2n) is 13.7. The molecule has 0 aliphatic heterocycles. The van der Waals surface area contributed by atoms with Crippen LogP contribution in [0.4, 0.5) is 0 Å². The van der Waals surface area contributed by atoms with Gasteiger partial charge in [0.1, 0.15) is 0 Å². The first kappa shape index (κ1) is 29.1. The number of para-hydroxylation sites is 1. The molecule has 0 amide bonds. The lowest BCUT2D eigenvalue weighted by Gasteiger charge is -2.11. The van der Waals surface area contributed by atoms with Gasteiger partial charge in [0.25, 0.3) is 11.5 Å². The molecule has 12 aromatic rings. The number of hydrogen-bond donors (Lipinski definition) is 0. The van der Waals surface area contributed by atoms with Crippen molar-refractivity contribution < 1.29 is 3.79 Å². The molecular formula is C47H27N4S2+. The molecule has 246 valence electrons. The molecule has 0 aliphatic rings. The fraction of sp³-hybridized carbons (Fsp3) is 0. The molecule has 6 heteroatoms. The molecule has 0 unspecified atom stereocenters. The van der Waals surface area contributed by atoms with Crippen LogP contribution in [0.2, 0.25) is 0 Å². The minimum absolute atomic E-state index is 0.727. The van der Waals surface area contributed by atoms with Gasteiger partial charge in [-0.2, -0.15) is 0 Å². The van der Waals surface area contributed by atoms with Gasteiger partial charge in [0, 0.05) is 42.5 Å². The molecule has 4 nitrogen and oxygen atoms in total. The number of hydrogen-bond acceptors (Lipinski definition) is 4. The molecule has 0 N–H and O–H groups in total. The van der Waals surface area contributed by atoms with Gasteiger partial charge < -0.3 is 4.57 Å². The van der Waals surface area contributed by atoms with Crippen LogP contribution in [0.25, 0.3) is 108 Å². The van der Waals surface area contributed by atoms with Crippen molar-refractivity contribution >= 4 is 102 Å². The van der Waals surface area contributed by atoms with E-state index in [1.807, 2.05) is 11.3 Å². The van der Waals surface area contributed by atoms with E-state index < -0.39 is 0 Å². The molecule has 12 rings (SSSR count). The van der Waals surface area contributed by atoms with E-state index in [-0.39, 0.29) is 0 Å². The minimum Gasteiger partial charge on any atom is -0.309 e. The van der Waals surface area contributed by atoms with Gasteiger partial charge in [-0.25, -0.2) is 0 Å². The molecule has 53 heavy (non-hydrogen) atoms. The van der Waals surface area contributed by atoms with Gasteiger partial charge in [-0.15, -0.1) is 15.1 Å². The van der Waals surface area contributed by atoms with Gasteiger partial charge in [0.15, 0.2) is 0 Å². The predicted molar refractivity (Wildman–Crippen MR) is 224 cm³/mol. The first-order valence-electron chi connectivity index (χ1n) is 17.7. The Morgan fingerprint density at radius 1 is 0.453 bits per heavy atom. The van der Waals surface area contributed by atoms with E-state index in [4.69, 9.17) is 9.97 Å². The second-order valence-corrected chi connectivity index (χ2v) is 15.7. The molecule has 0 fully saturated rings. The second kappa shape index (κ2) is 11.0. The van der Waals surface area contributed by atoms with Crippen molar-refractivity contribution in [1.82, 2.24) is 14.5 Å². The number of benzene rings is 8. The molecular weight excluding hydrogens is 685 g/mol. The maximum Gasteiger partial charge on any atom is 0.308 e. The topological polar surface area (TPSA) is 34.8 Å². The third-order valence-electron chi connectivity index (χ3n) is 10.6. The Hall–Kier alpha value is -6.47. The van der Waals surface area contributed by atoms with E-state index >= 15 is 0 Å². The van der Waals surface area contributed by atoms with Gasteiger partial charge in [-0.1, -0.05) is 107 Å². The van der Waals surface area contributed by atoms with Gasteiger partial charge in [-0.3, -0.25) is 0 Å². The number of fused-ring (bicyclic) bond motifs is 11. The lowest BCUT2D eigenvalue weighted by atomic mass is 10.1. The monoisotopic (exact) mass is 711 g/mol. The quantitative estimate of drug-likeness (QED) is 0.171. The molecule has 0 aliphatic carbocycles. The number of nitrogens with zero attached hydrogens (tertiary/aromatic N) is 4. The van der Waals surface area contributed by atoms with E-state index in [1.165, 1.54) is 73.9 Å². The van der Waals surface area contributed by atoms with Crippen molar-refractivity contribution in [3.63, 3.8) is 0 Å². The van der Waals surface area contributed by atoms with Crippen LogP contribution in [0.5, 0.6) is 0 Å². The van der Waals surface area contributed by atoms with Crippen LogP contribution in [0.1, 0.15) is 0 Å². The highest BCUT2D eigenvalue weighted by Crippen LogP contribution is 2.43. The zero-order chi connectivity index (χ0) is 34.6. The average molecular weight is 712 g/mol. The van der Waals surface area contributed by atoms with Crippen LogP contribution in [0.3, 0.4) is 0 Å². The van der Waals surface area contributed by atoms with E-state index in [0.29, 0.717) is 0 Å². The van der Waals surface area contributed by atoms with Crippen molar-refractivity contribution in [1.29, 1.82) is 0 Å². The third kappa shape index (κ3) is 4.31. The average Bonchev–Trinajstić information content (AvgIpc) is 3.88. The maximum atomic E-state index is 5.32. The summed E-state index contributed by atoms with van der Waals surface area (Å²) in [5.74, 6) is 1.63. The Morgan fingerprint density at radius 3 is 2.06 bits per heavy atom. The van der Waals surface area contributed by atoms with Crippen molar-refractivity contribution in [3.05, 3.63) is 164 Å². The summed E-state index contributed by atoms with van der Waals surface area (Å²) in [7, 11) is 0. The summed E-state index contributed by atoms with van der Waals surface area (Å²) in [6, 6.07) is 59.2. The zero-order valence-corrected chi connectivity index (χ0v) is 29.8. The van der Waals surface area contributed by atoms with Crippen molar-refractivity contribution in [3.8, 4) is 28.5 Å². The van der Waals surface area contributed by atoms with Gasteiger partial charge in [0.05, 0.1) is 37.9 Å². The highest BCUT2D eigenvalue weighted by Gasteiger charge is 2.25. The largest absolute Gasteiger partial charge is 0.309 e. The summed E-state index contributed by atoms with van der Waals surface area (Å²) in [6.45, 7) is 0. The summed E-state index contributed by atoms with van der Waals surface area (Å²) >= 11 is 3.52. The normalized spacial score (nSPS) is 12.2. The molecule has 0 saturated carbocycles. The van der Waals surface area contributed by atoms with Crippen molar-refractivity contribution in [2.75, 3.05) is 0 Å². The van der Waals surface area contributed by atoms with Gasteiger partial charge >= 0.3 is 5.82 Å².